The molecule has 0 saturated heterocycles. The molecular formula is C17H14N2O3S. The van der Waals surface area contributed by atoms with Gasteiger partial charge in [-0.1, -0.05) is 0 Å². The second-order valence-corrected chi connectivity index (χ2v) is 5.90. The number of nitrogens with zero attached hydrogens (tertiary/aromatic N) is 1. The molecule has 1 aromatic heterocycles. The largest absolute Gasteiger partial charge is 0.486 e. The van der Waals surface area contributed by atoms with Crippen LogP contribution in [0, 0.1) is 18.3 Å². The Morgan fingerprint density at radius 1 is 1.30 bits per heavy atom. The average molecular weight is 326 g/mol. The van der Waals surface area contributed by atoms with E-state index in [1.807, 2.05) is 24.4 Å². The number of hydrogen-bond donors (Lipinski definition) is 1. The third-order valence-electron chi connectivity index (χ3n) is 3.34. The van der Waals surface area contributed by atoms with Crippen molar-refractivity contribution in [1.82, 2.24) is 0 Å². The van der Waals surface area contributed by atoms with Gasteiger partial charge in [0.15, 0.2) is 11.5 Å². The Hall–Kier alpha value is -2.78. The van der Waals surface area contributed by atoms with Crippen LogP contribution >= 0.6 is 11.3 Å². The number of fused-ring (bicyclic) bond motifs is 1. The summed E-state index contributed by atoms with van der Waals surface area (Å²) in [5.74, 6) is 0.794. The van der Waals surface area contributed by atoms with E-state index in [1.54, 1.807) is 24.3 Å². The van der Waals surface area contributed by atoms with Crippen LogP contribution in [-0.4, -0.2) is 19.1 Å². The summed E-state index contributed by atoms with van der Waals surface area (Å²) in [5.41, 5.74) is 1.66. The molecule has 6 heteroatoms. The van der Waals surface area contributed by atoms with Gasteiger partial charge < -0.3 is 14.8 Å². The van der Waals surface area contributed by atoms with E-state index in [-0.39, 0.29) is 5.57 Å². The first-order chi connectivity index (χ1) is 11.2. The van der Waals surface area contributed by atoms with E-state index in [9.17, 15) is 10.1 Å². The van der Waals surface area contributed by atoms with E-state index in [0.29, 0.717) is 30.4 Å². The van der Waals surface area contributed by atoms with Crippen LogP contribution in [0.4, 0.5) is 5.69 Å². The number of anilines is 1. The Bertz CT molecular complexity index is 817. The first-order valence-corrected chi connectivity index (χ1v) is 7.92. The molecule has 0 aliphatic carbocycles. The van der Waals surface area contributed by atoms with Crippen molar-refractivity contribution < 1.29 is 14.3 Å². The monoisotopic (exact) mass is 326 g/mol. The first kappa shape index (κ1) is 15.1. The van der Waals surface area contributed by atoms with Crippen molar-refractivity contribution in [2.75, 3.05) is 18.5 Å². The Morgan fingerprint density at radius 2 is 2.09 bits per heavy atom. The van der Waals surface area contributed by atoms with Crippen molar-refractivity contribution in [3.63, 3.8) is 0 Å². The fourth-order valence-electron chi connectivity index (χ4n) is 2.13. The Morgan fingerprint density at radius 3 is 2.78 bits per heavy atom. The number of thiophene rings is 1. The normalized spacial score (nSPS) is 13.3. The van der Waals surface area contributed by atoms with Crippen LogP contribution in [0.5, 0.6) is 11.5 Å². The number of carbonyl (C=O) groups excluding carboxylic acids is 1. The molecule has 0 fully saturated rings. The van der Waals surface area contributed by atoms with Crippen LogP contribution in [-0.2, 0) is 4.79 Å². The van der Waals surface area contributed by atoms with Gasteiger partial charge in [-0.05, 0) is 42.1 Å². The third kappa shape index (κ3) is 3.35. The number of aryl methyl sites for hydroxylation is 1. The van der Waals surface area contributed by atoms with Crippen molar-refractivity contribution in [2.24, 2.45) is 0 Å². The van der Waals surface area contributed by atoms with Gasteiger partial charge in [-0.15, -0.1) is 11.3 Å². The molecular weight excluding hydrogens is 312 g/mol. The zero-order valence-electron chi connectivity index (χ0n) is 12.5. The quantitative estimate of drug-likeness (QED) is 0.693. The van der Waals surface area contributed by atoms with Crippen LogP contribution < -0.4 is 14.8 Å². The third-order valence-corrected chi connectivity index (χ3v) is 4.31. The summed E-state index contributed by atoms with van der Waals surface area (Å²) >= 11 is 1.49. The predicted octanol–water partition coefficient (Wildman–Crippen LogP) is 3.37. The smallest absolute Gasteiger partial charge is 0.266 e. The highest BCUT2D eigenvalue weighted by molar-refractivity contribution is 7.11. The number of nitriles is 1. The number of ether oxygens (including phenoxy) is 2. The molecule has 0 unspecified atom stereocenters. The summed E-state index contributed by atoms with van der Waals surface area (Å²) in [4.78, 5) is 13.2. The van der Waals surface area contributed by atoms with E-state index in [1.165, 1.54) is 11.3 Å². The molecule has 1 aliphatic heterocycles. The van der Waals surface area contributed by atoms with Crippen molar-refractivity contribution in [2.45, 2.75) is 6.92 Å². The Labute approximate surface area is 137 Å². The molecule has 5 nitrogen and oxygen atoms in total. The Balaban J connectivity index is 1.79. The highest BCUT2D eigenvalue weighted by Gasteiger charge is 2.15. The molecule has 23 heavy (non-hydrogen) atoms. The van der Waals surface area contributed by atoms with Crippen LogP contribution in [0.25, 0.3) is 6.08 Å². The summed E-state index contributed by atoms with van der Waals surface area (Å²) < 4.78 is 10.9. The summed E-state index contributed by atoms with van der Waals surface area (Å²) in [7, 11) is 0. The molecule has 1 aromatic carbocycles. The highest BCUT2D eigenvalue weighted by Crippen LogP contribution is 2.32. The van der Waals surface area contributed by atoms with Crippen LogP contribution in [0.3, 0.4) is 0 Å². The lowest BCUT2D eigenvalue weighted by molar-refractivity contribution is -0.112. The van der Waals surface area contributed by atoms with Crippen molar-refractivity contribution in [3.8, 4) is 17.6 Å². The lowest BCUT2D eigenvalue weighted by atomic mass is 10.2. The molecule has 2 heterocycles. The molecule has 0 bridgehead atoms. The zero-order chi connectivity index (χ0) is 16.2. The predicted molar refractivity (Wildman–Crippen MR) is 88.7 cm³/mol. The SMILES string of the molecule is Cc1ccsc1C=C(C#N)C(=O)Nc1ccc2c(c1)OCCO2. The standard InChI is InChI=1S/C17H14N2O3S/c1-11-4-7-23-16(11)8-12(10-18)17(20)19-13-2-3-14-15(9-13)22-6-5-21-14/h2-4,7-9H,5-6H2,1H3,(H,19,20). The van der Waals surface area contributed by atoms with Gasteiger partial charge in [0, 0.05) is 16.6 Å². The van der Waals surface area contributed by atoms with Gasteiger partial charge >= 0.3 is 0 Å². The lowest BCUT2D eigenvalue weighted by Gasteiger charge is -2.18. The first-order valence-electron chi connectivity index (χ1n) is 7.04. The Kier molecular flexibility index (Phi) is 4.31. The molecule has 2 aromatic rings. The second-order valence-electron chi connectivity index (χ2n) is 4.95. The van der Waals surface area contributed by atoms with Gasteiger partial charge in [0.2, 0.25) is 0 Å². The van der Waals surface area contributed by atoms with Crippen molar-refractivity contribution in [3.05, 3.63) is 45.7 Å². The van der Waals surface area contributed by atoms with E-state index < -0.39 is 5.91 Å². The second kappa shape index (κ2) is 6.55. The van der Waals surface area contributed by atoms with Gasteiger partial charge in [0.1, 0.15) is 24.9 Å². The van der Waals surface area contributed by atoms with Crippen LogP contribution in [0.2, 0.25) is 0 Å². The summed E-state index contributed by atoms with van der Waals surface area (Å²) in [5, 5.41) is 13.9. The van der Waals surface area contributed by atoms with Gasteiger partial charge in [-0.25, -0.2) is 0 Å². The molecule has 0 saturated carbocycles. The lowest BCUT2D eigenvalue weighted by Crippen LogP contribution is -2.17. The molecule has 1 N–H and O–H groups in total. The van der Waals surface area contributed by atoms with Crippen LogP contribution in [0.1, 0.15) is 10.4 Å². The molecule has 3 rings (SSSR count). The summed E-state index contributed by atoms with van der Waals surface area (Å²) in [6.07, 6.45) is 1.60. The molecule has 116 valence electrons. The fourth-order valence-corrected chi connectivity index (χ4v) is 2.99. The van der Waals surface area contributed by atoms with E-state index in [0.717, 1.165) is 10.4 Å². The summed E-state index contributed by atoms with van der Waals surface area (Å²) in [6.45, 7) is 2.93. The minimum Gasteiger partial charge on any atom is -0.486 e. The van der Waals surface area contributed by atoms with Gasteiger partial charge in [-0.2, -0.15) is 5.26 Å². The molecule has 1 amide bonds. The highest BCUT2D eigenvalue weighted by atomic mass is 32.1. The number of amides is 1. The zero-order valence-corrected chi connectivity index (χ0v) is 13.3. The number of rotatable bonds is 3. The average Bonchev–Trinajstić information content (AvgIpc) is 2.97. The van der Waals surface area contributed by atoms with E-state index >= 15 is 0 Å². The minimum absolute atomic E-state index is 0.0606. The van der Waals surface area contributed by atoms with E-state index in [2.05, 4.69) is 5.32 Å². The van der Waals surface area contributed by atoms with Gasteiger partial charge in [-0.3, -0.25) is 4.79 Å². The minimum atomic E-state index is -0.447. The van der Waals surface area contributed by atoms with Gasteiger partial charge in [0.25, 0.3) is 5.91 Å². The van der Waals surface area contributed by atoms with Crippen LogP contribution in [0.15, 0.2) is 35.2 Å². The maximum absolute atomic E-state index is 12.3. The van der Waals surface area contributed by atoms with Crippen molar-refractivity contribution in [1.29, 1.82) is 5.26 Å². The summed E-state index contributed by atoms with van der Waals surface area (Å²) in [6, 6.07) is 9.05. The topological polar surface area (TPSA) is 71.4 Å². The molecule has 1 aliphatic rings. The number of benzene rings is 1. The number of nitrogens with one attached hydrogen (secondary N) is 1. The van der Waals surface area contributed by atoms with Gasteiger partial charge in [0.05, 0.1) is 0 Å². The molecule has 0 atom stereocenters. The maximum Gasteiger partial charge on any atom is 0.266 e. The molecule has 0 spiro atoms. The maximum atomic E-state index is 12.3. The fraction of sp³-hybridized carbons (Fsp3) is 0.176. The van der Waals surface area contributed by atoms with Crippen molar-refractivity contribution >= 4 is 29.0 Å². The number of carbonyl (C=O) groups is 1. The molecule has 0 radical (unpaired) electrons. The number of hydrogen-bond acceptors (Lipinski definition) is 5. The van der Waals surface area contributed by atoms with E-state index in [4.69, 9.17) is 9.47 Å².